The van der Waals surface area contributed by atoms with Crippen LogP contribution < -0.4 is 10.6 Å². The number of rotatable bonds is 4. The lowest BCUT2D eigenvalue weighted by molar-refractivity contribution is 0.614. The summed E-state index contributed by atoms with van der Waals surface area (Å²) in [7, 11) is 0. The summed E-state index contributed by atoms with van der Waals surface area (Å²) in [4.78, 5) is 2.36. The average molecular weight is 228 g/mol. The summed E-state index contributed by atoms with van der Waals surface area (Å²) < 4.78 is 0. The average Bonchev–Trinajstić information content (AvgIpc) is 2.72. The van der Waals surface area contributed by atoms with E-state index in [1.165, 1.54) is 11.3 Å². The summed E-state index contributed by atoms with van der Waals surface area (Å²) in [6.45, 7) is 3.89. The van der Waals surface area contributed by atoms with Gasteiger partial charge in [0, 0.05) is 18.2 Å². The standard InChI is InChI=1S/C15H20N2/c1-3-13(4-2)17-11-12(9-10-16)14-7-5-6-8-15(14)17/h1,5-8,12-13H,4,9-11,16H2,2H3. The van der Waals surface area contributed by atoms with Crippen LogP contribution in [0, 0.1) is 12.3 Å². The van der Waals surface area contributed by atoms with Crippen molar-refractivity contribution in [1.29, 1.82) is 0 Å². The molecule has 0 amide bonds. The molecule has 1 heterocycles. The van der Waals surface area contributed by atoms with Crippen LogP contribution in [0.1, 0.15) is 31.2 Å². The van der Waals surface area contributed by atoms with Crippen molar-refractivity contribution in [3.63, 3.8) is 0 Å². The number of hydrogen-bond acceptors (Lipinski definition) is 2. The van der Waals surface area contributed by atoms with Crippen molar-refractivity contribution in [2.45, 2.75) is 31.7 Å². The predicted molar refractivity (Wildman–Crippen MR) is 73.1 cm³/mol. The fourth-order valence-electron chi connectivity index (χ4n) is 2.70. The molecule has 17 heavy (non-hydrogen) atoms. The van der Waals surface area contributed by atoms with Gasteiger partial charge < -0.3 is 10.6 Å². The fourth-order valence-corrected chi connectivity index (χ4v) is 2.70. The van der Waals surface area contributed by atoms with Crippen LogP contribution in [0.3, 0.4) is 0 Å². The first-order valence-electron chi connectivity index (χ1n) is 6.33. The Labute approximate surface area is 104 Å². The molecular weight excluding hydrogens is 208 g/mol. The molecule has 0 radical (unpaired) electrons. The van der Waals surface area contributed by atoms with E-state index in [1.54, 1.807) is 0 Å². The maximum Gasteiger partial charge on any atom is 0.0898 e. The minimum absolute atomic E-state index is 0.207. The van der Waals surface area contributed by atoms with Crippen molar-refractivity contribution in [2.24, 2.45) is 5.73 Å². The number of nitrogens with two attached hydrogens (primary N) is 1. The Morgan fingerprint density at radius 1 is 1.53 bits per heavy atom. The highest BCUT2D eigenvalue weighted by atomic mass is 15.2. The highest BCUT2D eigenvalue weighted by Crippen LogP contribution is 2.39. The van der Waals surface area contributed by atoms with Crippen LogP contribution in [-0.2, 0) is 0 Å². The molecule has 0 aliphatic carbocycles. The molecule has 0 fully saturated rings. The lowest BCUT2D eigenvalue weighted by Gasteiger charge is -2.25. The number of hydrogen-bond donors (Lipinski definition) is 1. The zero-order valence-electron chi connectivity index (χ0n) is 10.4. The first-order valence-corrected chi connectivity index (χ1v) is 6.33. The van der Waals surface area contributed by atoms with Crippen molar-refractivity contribution in [3.8, 4) is 12.3 Å². The van der Waals surface area contributed by atoms with Crippen molar-refractivity contribution in [1.82, 2.24) is 0 Å². The number of benzene rings is 1. The minimum Gasteiger partial charge on any atom is -0.357 e. The van der Waals surface area contributed by atoms with Gasteiger partial charge in [0.05, 0.1) is 6.04 Å². The highest BCUT2D eigenvalue weighted by Gasteiger charge is 2.30. The molecule has 1 aromatic rings. The normalized spacial score (nSPS) is 19.8. The number of terminal acetylenes is 1. The van der Waals surface area contributed by atoms with Gasteiger partial charge in [-0.25, -0.2) is 0 Å². The molecule has 1 aliphatic heterocycles. The quantitative estimate of drug-likeness (QED) is 0.802. The summed E-state index contributed by atoms with van der Waals surface area (Å²) in [6.07, 6.45) is 7.65. The van der Waals surface area contributed by atoms with Crippen LogP contribution in [-0.4, -0.2) is 19.1 Å². The Kier molecular flexibility index (Phi) is 3.71. The SMILES string of the molecule is C#CC(CC)N1CC(CCN)c2ccccc21. The van der Waals surface area contributed by atoms with Gasteiger partial charge in [-0.15, -0.1) is 6.42 Å². The lowest BCUT2D eigenvalue weighted by Crippen LogP contribution is -2.33. The van der Waals surface area contributed by atoms with Gasteiger partial charge >= 0.3 is 0 Å². The number of fused-ring (bicyclic) bond motifs is 1. The van der Waals surface area contributed by atoms with Crippen LogP contribution >= 0.6 is 0 Å². The maximum absolute atomic E-state index is 5.69. The molecule has 0 saturated heterocycles. The second-order valence-electron chi connectivity index (χ2n) is 4.58. The topological polar surface area (TPSA) is 29.3 Å². The molecule has 2 rings (SSSR count). The summed E-state index contributed by atoms with van der Waals surface area (Å²) in [6, 6.07) is 8.77. The van der Waals surface area contributed by atoms with Crippen LogP contribution in [0.15, 0.2) is 24.3 Å². The van der Waals surface area contributed by atoms with Gasteiger partial charge in [-0.3, -0.25) is 0 Å². The van der Waals surface area contributed by atoms with E-state index in [9.17, 15) is 0 Å². The van der Waals surface area contributed by atoms with Crippen LogP contribution in [0.2, 0.25) is 0 Å². The molecular formula is C15H20N2. The summed E-state index contributed by atoms with van der Waals surface area (Å²) in [5, 5.41) is 0. The molecule has 2 N–H and O–H groups in total. The minimum atomic E-state index is 0.207. The first-order chi connectivity index (χ1) is 8.31. The van der Waals surface area contributed by atoms with E-state index >= 15 is 0 Å². The molecule has 2 unspecified atom stereocenters. The van der Waals surface area contributed by atoms with E-state index in [2.05, 4.69) is 42.0 Å². The number of anilines is 1. The molecule has 2 nitrogen and oxygen atoms in total. The molecule has 0 saturated carbocycles. The largest absolute Gasteiger partial charge is 0.357 e. The van der Waals surface area contributed by atoms with Crippen molar-refractivity contribution < 1.29 is 0 Å². The molecule has 90 valence electrons. The number of nitrogens with zero attached hydrogens (tertiary/aromatic N) is 1. The van der Waals surface area contributed by atoms with E-state index in [1.807, 2.05) is 0 Å². The smallest absolute Gasteiger partial charge is 0.0898 e. The molecule has 1 aromatic carbocycles. The first kappa shape index (κ1) is 12.0. The van der Waals surface area contributed by atoms with Gasteiger partial charge in [0.2, 0.25) is 0 Å². The second-order valence-corrected chi connectivity index (χ2v) is 4.58. The van der Waals surface area contributed by atoms with Gasteiger partial charge in [-0.2, -0.15) is 0 Å². The van der Waals surface area contributed by atoms with Gasteiger partial charge in [-0.05, 0) is 31.0 Å². The van der Waals surface area contributed by atoms with E-state index in [0.29, 0.717) is 5.92 Å². The molecule has 0 aromatic heterocycles. The fraction of sp³-hybridized carbons (Fsp3) is 0.467. The molecule has 0 bridgehead atoms. The molecule has 0 spiro atoms. The van der Waals surface area contributed by atoms with E-state index < -0.39 is 0 Å². The highest BCUT2D eigenvalue weighted by molar-refractivity contribution is 5.61. The number of para-hydroxylation sites is 1. The van der Waals surface area contributed by atoms with Gasteiger partial charge in [0.1, 0.15) is 0 Å². The van der Waals surface area contributed by atoms with Gasteiger partial charge in [-0.1, -0.05) is 31.0 Å². The summed E-state index contributed by atoms with van der Waals surface area (Å²) in [5.41, 5.74) is 8.40. The van der Waals surface area contributed by atoms with Crippen molar-refractivity contribution in [3.05, 3.63) is 29.8 Å². The third-order valence-corrected chi connectivity index (χ3v) is 3.57. The Bertz CT molecular complexity index is 419. The molecule has 2 atom stereocenters. The third-order valence-electron chi connectivity index (χ3n) is 3.57. The van der Waals surface area contributed by atoms with Crippen LogP contribution in [0.25, 0.3) is 0 Å². The van der Waals surface area contributed by atoms with Crippen LogP contribution in [0.4, 0.5) is 5.69 Å². The summed E-state index contributed by atoms with van der Waals surface area (Å²) in [5.74, 6) is 3.43. The van der Waals surface area contributed by atoms with Crippen molar-refractivity contribution >= 4 is 5.69 Å². The van der Waals surface area contributed by atoms with E-state index in [-0.39, 0.29) is 6.04 Å². The van der Waals surface area contributed by atoms with E-state index in [0.717, 1.165) is 25.9 Å². The Morgan fingerprint density at radius 3 is 2.94 bits per heavy atom. The van der Waals surface area contributed by atoms with Gasteiger partial charge in [0.15, 0.2) is 0 Å². The monoisotopic (exact) mass is 228 g/mol. The Morgan fingerprint density at radius 2 is 2.29 bits per heavy atom. The maximum atomic E-state index is 5.69. The predicted octanol–water partition coefficient (Wildman–Crippen LogP) is 2.35. The van der Waals surface area contributed by atoms with Crippen LogP contribution in [0.5, 0.6) is 0 Å². The zero-order valence-corrected chi connectivity index (χ0v) is 10.4. The van der Waals surface area contributed by atoms with Crippen molar-refractivity contribution in [2.75, 3.05) is 18.0 Å². The second kappa shape index (κ2) is 5.25. The van der Waals surface area contributed by atoms with Gasteiger partial charge in [0.25, 0.3) is 0 Å². The van der Waals surface area contributed by atoms with E-state index in [4.69, 9.17) is 12.2 Å². The Balaban J connectivity index is 2.31. The lowest BCUT2D eigenvalue weighted by atomic mass is 9.98. The zero-order chi connectivity index (χ0) is 12.3. The Hall–Kier alpha value is -1.46. The molecule has 1 aliphatic rings. The third kappa shape index (κ3) is 2.16. The molecule has 2 heteroatoms. The summed E-state index contributed by atoms with van der Waals surface area (Å²) >= 11 is 0.